The Balaban J connectivity index is 1.08. The molecule has 3 saturated heterocycles. The molecule has 300 valence electrons. The largest absolute Gasteiger partial charge is 0.494 e. The minimum Gasteiger partial charge on any atom is -0.494 e. The smallest absolute Gasteiger partial charge is 0.253 e. The molecular weight excluding hydrogens is 741 g/mol. The molecule has 13 nitrogen and oxygen atoms in total. The van der Waals surface area contributed by atoms with Crippen molar-refractivity contribution in [1.29, 1.82) is 0 Å². The van der Waals surface area contributed by atoms with Crippen LogP contribution in [0, 0.1) is 6.92 Å². The number of sulfone groups is 1. The molecule has 14 heteroatoms. The fraction of sp³-hybridized carbons (Fsp3) is 0.419. The highest BCUT2D eigenvalue weighted by Crippen LogP contribution is 2.44. The highest BCUT2D eigenvalue weighted by Gasteiger charge is 2.33. The number of aromatic nitrogens is 3. The van der Waals surface area contributed by atoms with Crippen molar-refractivity contribution in [1.82, 2.24) is 34.6 Å². The maximum Gasteiger partial charge on any atom is 0.253 e. The first-order valence-corrected chi connectivity index (χ1v) is 21.1. The third-order valence-corrected chi connectivity index (χ3v) is 13.7. The van der Waals surface area contributed by atoms with Gasteiger partial charge in [-0.05, 0) is 101 Å². The van der Waals surface area contributed by atoms with Crippen molar-refractivity contribution in [3.8, 4) is 33.8 Å². The maximum absolute atomic E-state index is 14.6. The van der Waals surface area contributed by atoms with E-state index in [1.165, 1.54) is 19.0 Å². The zero-order valence-electron chi connectivity index (χ0n) is 33.7. The van der Waals surface area contributed by atoms with Crippen LogP contribution in [0.3, 0.4) is 0 Å². The number of amides is 1. The van der Waals surface area contributed by atoms with Gasteiger partial charge < -0.3 is 34.1 Å². The van der Waals surface area contributed by atoms with E-state index < -0.39 is 9.84 Å². The second-order valence-corrected chi connectivity index (χ2v) is 17.7. The van der Waals surface area contributed by atoms with Gasteiger partial charge in [0.15, 0.2) is 10.7 Å². The van der Waals surface area contributed by atoms with Gasteiger partial charge in [-0.3, -0.25) is 9.69 Å². The van der Waals surface area contributed by atoms with Gasteiger partial charge in [0, 0.05) is 74.2 Å². The summed E-state index contributed by atoms with van der Waals surface area (Å²) < 4.78 is 41.3. The molecule has 1 N–H and O–H groups in total. The normalized spacial score (nSPS) is 17.7. The van der Waals surface area contributed by atoms with Gasteiger partial charge in [-0.2, -0.15) is 0 Å². The van der Waals surface area contributed by atoms with Crippen molar-refractivity contribution in [3.63, 3.8) is 0 Å². The van der Waals surface area contributed by atoms with Gasteiger partial charge in [0.05, 0.1) is 25.3 Å². The molecule has 0 atom stereocenters. The average molecular weight is 793 g/mol. The lowest BCUT2D eigenvalue weighted by atomic mass is 10.0. The molecule has 0 aliphatic carbocycles. The molecule has 3 aliphatic heterocycles. The number of anilines is 1. The van der Waals surface area contributed by atoms with Gasteiger partial charge in [0.25, 0.3) is 5.91 Å². The number of nitrogens with zero attached hydrogens (tertiary/aromatic N) is 7. The molecule has 5 heterocycles. The number of aromatic amines is 1. The second-order valence-electron chi connectivity index (χ2n) is 15.8. The molecule has 5 aromatic rings. The highest BCUT2D eigenvalue weighted by atomic mass is 32.2. The summed E-state index contributed by atoms with van der Waals surface area (Å²) in [5.41, 5.74) is 5.77. The standard InChI is InChI=1S/C43H52N8O5S/c1-28-7-12-34(31-22-36(55-5)41(37(23-31)56-6)50-19-17-49(18-20-50)32-13-15-48(4)16-14-32)38(21-28)57(53,54)39-25-45-42-40(46-39)35(24-44-42)29-8-10-30(11-9-29)43(52)51-26-33(27-51)47(2)3/h7-12,21-25,32-33H,13-20,26-27H2,1-6H3,(H,44,45). The number of hydrogen-bond acceptors (Lipinski definition) is 11. The number of carbonyl (C=O) groups excluding carboxylic acids is 1. The van der Waals surface area contributed by atoms with Crippen LogP contribution >= 0.6 is 0 Å². The molecule has 0 radical (unpaired) electrons. The Morgan fingerprint density at radius 2 is 1.53 bits per heavy atom. The average Bonchev–Trinajstić information content (AvgIpc) is 3.63. The number of hydrogen-bond donors (Lipinski definition) is 1. The zero-order valence-corrected chi connectivity index (χ0v) is 34.5. The Morgan fingerprint density at radius 1 is 0.860 bits per heavy atom. The first-order chi connectivity index (χ1) is 27.4. The lowest BCUT2D eigenvalue weighted by Gasteiger charge is -2.43. The van der Waals surface area contributed by atoms with E-state index in [-0.39, 0.29) is 15.8 Å². The van der Waals surface area contributed by atoms with Gasteiger partial charge in [0.2, 0.25) is 9.84 Å². The minimum atomic E-state index is -4.18. The molecule has 0 saturated carbocycles. The number of methoxy groups -OCH3 is 2. The Labute approximate surface area is 335 Å². The SMILES string of the molecule is COc1cc(-c2ccc(C)cc2S(=O)(=O)c2cnc3[nH]cc(-c4ccc(C(=O)N5CC(N(C)C)C5)cc4)c3n2)cc(OC)c1N1CCN(C2CCN(C)CC2)CC1. The Morgan fingerprint density at radius 3 is 2.16 bits per heavy atom. The van der Waals surface area contributed by atoms with E-state index in [0.717, 1.165) is 56.1 Å². The van der Waals surface area contributed by atoms with Gasteiger partial charge >= 0.3 is 0 Å². The van der Waals surface area contributed by atoms with E-state index in [1.807, 2.05) is 62.3 Å². The summed E-state index contributed by atoms with van der Waals surface area (Å²) in [5.74, 6) is 1.23. The third-order valence-electron chi connectivity index (χ3n) is 12.0. The Bertz CT molecular complexity index is 2350. The molecule has 3 fully saturated rings. The van der Waals surface area contributed by atoms with Crippen LogP contribution in [-0.4, -0.2) is 149 Å². The van der Waals surface area contributed by atoms with Gasteiger partial charge in [0.1, 0.15) is 22.7 Å². The van der Waals surface area contributed by atoms with Gasteiger partial charge in [-0.15, -0.1) is 0 Å². The number of likely N-dealkylation sites (N-methyl/N-ethyl adjacent to an activating group) is 1. The fourth-order valence-corrected chi connectivity index (χ4v) is 9.83. The first-order valence-electron chi connectivity index (χ1n) is 19.6. The lowest BCUT2D eigenvalue weighted by molar-refractivity contribution is 0.0399. The molecule has 1 amide bonds. The second kappa shape index (κ2) is 15.7. The van der Waals surface area contributed by atoms with Crippen molar-refractivity contribution >= 4 is 32.6 Å². The number of rotatable bonds is 10. The minimum absolute atomic E-state index is 0.00762. The van der Waals surface area contributed by atoms with E-state index in [1.54, 1.807) is 38.6 Å². The van der Waals surface area contributed by atoms with Crippen LogP contribution in [0.1, 0.15) is 28.8 Å². The number of likely N-dealkylation sites (tertiary alicyclic amines) is 2. The number of benzene rings is 3. The van der Waals surface area contributed by atoms with Crippen molar-refractivity contribution in [3.05, 3.63) is 78.1 Å². The van der Waals surface area contributed by atoms with Crippen LogP contribution in [0.4, 0.5) is 5.69 Å². The molecule has 3 aromatic carbocycles. The number of ether oxygens (including phenoxy) is 2. The predicted octanol–water partition coefficient (Wildman–Crippen LogP) is 5.05. The van der Waals surface area contributed by atoms with E-state index in [2.05, 4.69) is 36.6 Å². The summed E-state index contributed by atoms with van der Waals surface area (Å²) >= 11 is 0. The molecule has 0 unspecified atom stereocenters. The number of nitrogens with one attached hydrogen (secondary N) is 1. The number of carbonyl (C=O) groups is 1. The van der Waals surface area contributed by atoms with Crippen molar-refractivity contribution in [2.75, 3.05) is 92.6 Å². The number of fused-ring (bicyclic) bond motifs is 1. The van der Waals surface area contributed by atoms with Crippen molar-refractivity contribution in [2.45, 2.75) is 41.8 Å². The summed E-state index contributed by atoms with van der Waals surface area (Å²) in [4.78, 5) is 36.8. The van der Waals surface area contributed by atoms with E-state index in [4.69, 9.17) is 14.5 Å². The molecule has 8 rings (SSSR count). The third kappa shape index (κ3) is 7.47. The quantitative estimate of drug-likeness (QED) is 0.204. The highest BCUT2D eigenvalue weighted by molar-refractivity contribution is 7.91. The van der Waals surface area contributed by atoms with Crippen molar-refractivity contribution in [2.24, 2.45) is 0 Å². The summed E-state index contributed by atoms with van der Waals surface area (Å²) in [6.07, 6.45) is 5.45. The zero-order chi connectivity index (χ0) is 40.0. The fourth-order valence-electron chi connectivity index (χ4n) is 8.38. The summed E-state index contributed by atoms with van der Waals surface area (Å²) in [7, 11) is 5.34. The van der Waals surface area contributed by atoms with E-state index >= 15 is 0 Å². The summed E-state index contributed by atoms with van der Waals surface area (Å²) in [6.45, 7) is 9.13. The van der Waals surface area contributed by atoms with Crippen LogP contribution in [0.15, 0.2) is 76.9 Å². The monoisotopic (exact) mass is 792 g/mol. The topological polar surface area (TPSA) is 127 Å². The Kier molecular flexibility index (Phi) is 10.7. The molecule has 0 spiro atoms. The van der Waals surface area contributed by atoms with Crippen LogP contribution < -0.4 is 14.4 Å². The van der Waals surface area contributed by atoms with Gasteiger partial charge in [-0.1, -0.05) is 24.3 Å². The number of aryl methyl sites for hydroxylation is 1. The number of piperidine rings is 1. The predicted molar refractivity (Wildman–Crippen MR) is 222 cm³/mol. The van der Waals surface area contributed by atoms with Gasteiger partial charge in [-0.25, -0.2) is 18.4 Å². The molecule has 0 bridgehead atoms. The van der Waals surface area contributed by atoms with Crippen LogP contribution in [-0.2, 0) is 9.84 Å². The molecule has 2 aromatic heterocycles. The van der Waals surface area contributed by atoms with Crippen LogP contribution in [0.25, 0.3) is 33.4 Å². The Hall–Kier alpha value is -5.02. The molecular formula is C43H52N8O5S. The summed E-state index contributed by atoms with van der Waals surface area (Å²) in [6, 6.07) is 17.5. The first kappa shape index (κ1) is 38.8. The summed E-state index contributed by atoms with van der Waals surface area (Å²) in [5, 5.41) is -0.166. The number of H-pyrrole nitrogens is 1. The van der Waals surface area contributed by atoms with E-state index in [9.17, 15) is 13.2 Å². The van der Waals surface area contributed by atoms with E-state index in [0.29, 0.717) is 70.1 Å². The molecule has 57 heavy (non-hydrogen) atoms. The van der Waals surface area contributed by atoms with Crippen LogP contribution in [0.5, 0.6) is 11.5 Å². The maximum atomic E-state index is 14.6. The molecule has 3 aliphatic rings. The van der Waals surface area contributed by atoms with Crippen molar-refractivity contribution < 1.29 is 22.7 Å². The van der Waals surface area contributed by atoms with Crippen LogP contribution in [0.2, 0.25) is 0 Å². The number of piperazine rings is 1. The lowest BCUT2D eigenvalue weighted by Crippen LogP contribution is -2.59.